The van der Waals surface area contributed by atoms with Gasteiger partial charge in [-0.15, -0.1) is 11.3 Å². The zero-order valence-corrected chi connectivity index (χ0v) is 12.4. The number of fused-ring (bicyclic) bond motifs is 1. The zero-order chi connectivity index (χ0) is 15.0. The Morgan fingerprint density at radius 3 is 2.90 bits per heavy atom. The van der Waals surface area contributed by atoms with Gasteiger partial charge in [0.15, 0.2) is 0 Å². The monoisotopic (exact) mass is 302 g/mol. The molecule has 21 heavy (non-hydrogen) atoms. The molecule has 3 rings (SSSR count). The van der Waals surface area contributed by atoms with Gasteiger partial charge in [-0.05, 0) is 42.5 Å². The zero-order valence-electron chi connectivity index (χ0n) is 11.5. The first-order valence-electron chi connectivity index (χ1n) is 6.66. The smallest absolute Gasteiger partial charge is 0.272 e. The number of amides is 1. The summed E-state index contributed by atoms with van der Waals surface area (Å²) >= 11 is 1.73. The van der Waals surface area contributed by atoms with Gasteiger partial charge >= 0.3 is 0 Å². The molecule has 0 saturated carbocycles. The molecule has 108 valence electrons. The fourth-order valence-corrected chi connectivity index (χ4v) is 3.49. The molecule has 0 aliphatic carbocycles. The van der Waals surface area contributed by atoms with E-state index in [-0.39, 0.29) is 11.6 Å². The van der Waals surface area contributed by atoms with Crippen molar-refractivity contribution in [2.75, 3.05) is 6.54 Å². The molecule has 1 aliphatic heterocycles. The number of thiophene rings is 1. The number of benzene rings is 1. The third-order valence-electron chi connectivity index (χ3n) is 3.74. The van der Waals surface area contributed by atoms with Gasteiger partial charge in [0.05, 0.1) is 4.92 Å². The standard InChI is InChI=1S/C15H14N2O3S/c1-10-8-11(2-3-13(10)17(19)20)15(18)16-6-4-14-12(9-16)5-7-21-14/h2-3,5,7-8H,4,6,9H2,1H3. The van der Waals surface area contributed by atoms with E-state index in [2.05, 4.69) is 11.4 Å². The topological polar surface area (TPSA) is 63.5 Å². The minimum absolute atomic E-state index is 0.0466. The summed E-state index contributed by atoms with van der Waals surface area (Å²) in [5.74, 6) is -0.0650. The minimum atomic E-state index is -0.428. The summed E-state index contributed by atoms with van der Waals surface area (Å²) in [6.07, 6.45) is 0.880. The van der Waals surface area contributed by atoms with Crippen LogP contribution in [0.1, 0.15) is 26.4 Å². The molecule has 1 aromatic carbocycles. The molecule has 0 spiro atoms. The molecule has 0 bridgehead atoms. The summed E-state index contributed by atoms with van der Waals surface area (Å²) < 4.78 is 0. The van der Waals surface area contributed by atoms with E-state index in [0.717, 1.165) is 6.42 Å². The second-order valence-electron chi connectivity index (χ2n) is 5.10. The molecule has 1 aliphatic rings. The molecule has 0 unspecified atom stereocenters. The molecular weight excluding hydrogens is 288 g/mol. The highest BCUT2D eigenvalue weighted by molar-refractivity contribution is 7.10. The van der Waals surface area contributed by atoms with Crippen LogP contribution >= 0.6 is 11.3 Å². The van der Waals surface area contributed by atoms with Crippen LogP contribution in [0.4, 0.5) is 5.69 Å². The van der Waals surface area contributed by atoms with E-state index in [9.17, 15) is 14.9 Å². The molecule has 5 nitrogen and oxygen atoms in total. The van der Waals surface area contributed by atoms with Crippen molar-refractivity contribution in [2.45, 2.75) is 19.9 Å². The van der Waals surface area contributed by atoms with Crippen LogP contribution in [-0.4, -0.2) is 22.3 Å². The van der Waals surface area contributed by atoms with Crippen LogP contribution in [0.25, 0.3) is 0 Å². The van der Waals surface area contributed by atoms with Crippen molar-refractivity contribution >= 4 is 22.9 Å². The Kier molecular flexibility index (Phi) is 3.47. The number of nitro groups is 1. The maximum atomic E-state index is 12.5. The van der Waals surface area contributed by atoms with Gasteiger partial charge in [0, 0.05) is 35.2 Å². The van der Waals surface area contributed by atoms with Gasteiger partial charge in [0.25, 0.3) is 11.6 Å². The summed E-state index contributed by atoms with van der Waals surface area (Å²) in [5, 5.41) is 12.9. The Bertz CT molecular complexity index is 723. The van der Waals surface area contributed by atoms with E-state index < -0.39 is 4.92 Å². The summed E-state index contributed by atoms with van der Waals surface area (Å²) in [4.78, 5) is 26.1. The van der Waals surface area contributed by atoms with Gasteiger partial charge in [-0.2, -0.15) is 0 Å². The average Bonchev–Trinajstić information content (AvgIpc) is 2.93. The van der Waals surface area contributed by atoms with Crippen LogP contribution in [-0.2, 0) is 13.0 Å². The first-order valence-corrected chi connectivity index (χ1v) is 7.54. The molecule has 2 heterocycles. The quantitative estimate of drug-likeness (QED) is 0.632. The molecule has 2 aromatic rings. The normalized spacial score (nSPS) is 13.9. The molecule has 0 fully saturated rings. The number of carbonyl (C=O) groups excluding carboxylic acids is 1. The van der Waals surface area contributed by atoms with E-state index in [4.69, 9.17) is 0 Å². The number of nitrogens with zero attached hydrogens (tertiary/aromatic N) is 2. The Labute approximate surface area is 126 Å². The Morgan fingerprint density at radius 2 is 2.19 bits per heavy atom. The fourth-order valence-electron chi connectivity index (χ4n) is 2.60. The lowest BCUT2D eigenvalue weighted by atomic mass is 10.1. The van der Waals surface area contributed by atoms with Gasteiger partial charge in [-0.3, -0.25) is 14.9 Å². The summed E-state index contributed by atoms with van der Waals surface area (Å²) in [6.45, 7) is 2.97. The number of hydrogen-bond acceptors (Lipinski definition) is 4. The Hall–Kier alpha value is -2.21. The predicted octanol–water partition coefficient (Wildman–Crippen LogP) is 3.16. The van der Waals surface area contributed by atoms with Crippen molar-refractivity contribution in [2.24, 2.45) is 0 Å². The van der Waals surface area contributed by atoms with Gasteiger partial charge < -0.3 is 4.90 Å². The number of hydrogen-bond donors (Lipinski definition) is 0. The molecule has 0 N–H and O–H groups in total. The molecule has 0 saturated heterocycles. The number of rotatable bonds is 2. The number of aryl methyl sites for hydroxylation is 1. The fraction of sp³-hybridized carbons (Fsp3) is 0.267. The van der Waals surface area contributed by atoms with Gasteiger partial charge in [-0.25, -0.2) is 0 Å². The average molecular weight is 302 g/mol. The van der Waals surface area contributed by atoms with E-state index >= 15 is 0 Å². The maximum absolute atomic E-state index is 12.5. The third kappa shape index (κ3) is 2.54. The maximum Gasteiger partial charge on any atom is 0.272 e. The molecule has 0 atom stereocenters. The SMILES string of the molecule is Cc1cc(C(=O)N2CCc3sccc3C2)ccc1[N+](=O)[O-]. The Balaban J connectivity index is 1.83. The lowest BCUT2D eigenvalue weighted by Gasteiger charge is -2.27. The highest BCUT2D eigenvalue weighted by atomic mass is 32.1. The Morgan fingerprint density at radius 1 is 1.38 bits per heavy atom. The van der Waals surface area contributed by atoms with Crippen LogP contribution in [0.2, 0.25) is 0 Å². The summed E-state index contributed by atoms with van der Waals surface area (Å²) in [7, 11) is 0. The second-order valence-corrected chi connectivity index (χ2v) is 6.10. The summed E-state index contributed by atoms with van der Waals surface area (Å²) in [5.41, 5.74) is 2.28. The lowest BCUT2D eigenvalue weighted by molar-refractivity contribution is -0.385. The largest absolute Gasteiger partial charge is 0.334 e. The number of carbonyl (C=O) groups is 1. The minimum Gasteiger partial charge on any atom is -0.334 e. The van der Waals surface area contributed by atoms with Crippen molar-refractivity contribution in [1.82, 2.24) is 4.90 Å². The summed E-state index contributed by atoms with van der Waals surface area (Å²) in [6, 6.07) is 6.60. The van der Waals surface area contributed by atoms with Crippen LogP contribution in [0.3, 0.4) is 0 Å². The molecule has 0 radical (unpaired) electrons. The molecular formula is C15H14N2O3S. The van der Waals surface area contributed by atoms with Crippen LogP contribution in [0, 0.1) is 17.0 Å². The van der Waals surface area contributed by atoms with E-state index in [1.54, 1.807) is 29.2 Å². The third-order valence-corrected chi connectivity index (χ3v) is 4.76. The molecule has 1 aromatic heterocycles. The van der Waals surface area contributed by atoms with Crippen molar-refractivity contribution in [3.05, 3.63) is 61.3 Å². The van der Waals surface area contributed by atoms with Gasteiger partial charge in [-0.1, -0.05) is 0 Å². The highest BCUT2D eigenvalue weighted by Gasteiger charge is 2.23. The van der Waals surface area contributed by atoms with E-state index in [1.165, 1.54) is 22.6 Å². The molecule has 6 heteroatoms. The molecule has 1 amide bonds. The lowest BCUT2D eigenvalue weighted by Crippen LogP contribution is -2.35. The van der Waals surface area contributed by atoms with Crippen molar-refractivity contribution in [1.29, 1.82) is 0 Å². The second kappa shape index (κ2) is 5.29. The van der Waals surface area contributed by atoms with Crippen molar-refractivity contribution in [3.8, 4) is 0 Å². The van der Waals surface area contributed by atoms with E-state index in [0.29, 0.717) is 24.2 Å². The van der Waals surface area contributed by atoms with Crippen molar-refractivity contribution in [3.63, 3.8) is 0 Å². The number of nitro benzene ring substituents is 1. The van der Waals surface area contributed by atoms with Crippen LogP contribution < -0.4 is 0 Å². The first kappa shape index (κ1) is 13.8. The highest BCUT2D eigenvalue weighted by Crippen LogP contribution is 2.26. The van der Waals surface area contributed by atoms with Crippen molar-refractivity contribution < 1.29 is 9.72 Å². The first-order chi connectivity index (χ1) is 10.1. The van der Waals surface area contributed by atoms with E-state index in [1.807, 2.05) is 0 Å². The van der Waals surface area contributed by atoms with Gasteiger partial charge in [0.1, 0.15) is 0 Å². The van der Waals surface area contributed by atoms with Gasteiger partial charge in [0.2, 0.25) is 0 Å². The van der Waals surface area contributed by atoms with Crippen LogP contribution in [0.15, 0.2) is 29.6 Å². The predicted molar refractivity (Wildman–Crippen MR) is 80.6 cm³/mol. The van der Waals surface area contributed by atoms with Crippen LogP contribution in [0.5, 0.6) is 0 Å².